The van der Waals surface area contributed by atoms with Crippen molar-refractivity contribution in [2.75, 3.05) is 6.54 Å². The Labute approximate surface area is 105 Å². The summed E-state index contributed by atoms with van der Waals surface area (Å²) in [4.78, 5) is 21.6. The lowest BCUT2D eigenvalue weighted by Gasteiger charge is -2.26. The fraction of sp³-hybridized carbons (Fsp3) is 0.417. The Morgan fingerprint density at radius 1 is 1.39 bits per heavy atom. The fourth-order valence-electron chi connectivity index (χ4n) is 1.61. The van der Waals surface area contributed by atoms with Crippen LogP contribution < -0.4 is 11.1 Å². The summed E-state index contributed by atoms with van der Waals surface area (Å²) >= 11 is 0. The molecule has 0 atom stereocenters. The molecule has 0 aromatic heterocycles. The fourth-order valence-corrected chi connectivity index (χ4v) is 1.61. The highest BCUT2D eigenvalue weighted by Gasteiger charge is 2.23. The van der Waals surface area contributed by atoms with Crippen molar-refractivity contribution in [3.8, 4) is 0 Å². The lowest BCUT2D eigenvalue weighted by Crippen LogP contribution is -2.41. The second-order valence-corrected chi connectivity index (χ2v) is 4.52. The van der Waals surface area contributed by atoms with Gasteiger partial charge in [0.1, 0.15) is 0 Å². The van der Waals surface area contributed by atoms with Crippen molar-refractivity contribution in [3.05, 3.63) is 39.9 Å². The maximum absolute atomic E-state index is 11.5. The molecule has 0 heterocycles. The number of non-ortho nitro benzene ring substituents is 1. The van der Waals surface area contributed by atoms with Gasteiger partial charge in [-0.3, -0.25) is 14.9 Å². The number of carbonyl (C=O) groups is 1. The number of amides is 1. The Morgan fingerprint density at radius 2 is 1.94 bits per heavy atom. The predicted molar refractivity (Wildman–Crippen MR) is 67.9 cm³/mol. The van der Waals surface area contributed by atoms with Crippen LogP contribution in [0.2, 0.25) is 0 Å². The number of carbonyl (C=O) groups excluding carboxylic acids is 1. The summed E-state index contributed by atoms with van der Waals surface area (Å²) in [5, 5.41) is 13.4. The molecule has 1 rings (SSSR count). The molecule has 0 aliphatic rings. The van der Waals surface area contributed by atoms with Crippen LogP contribution in [-0.4, -0.2) is 17.4 Å². The third-order valence-corrected chi connectivity index (χ3v) is 2.62. The molecule has 0 spiro atoms. The zero-order valence-corrected chi connectivity index (χ0v) is 10.5. The first-order valence-corrected chi connectivity index (χ1v) is 5.63. The molecule has 0 saturated carbocycles. The molecule has 0 aliphatic heterocycles. The first-order valence-electron chi connectivity index (χ1n) is 5.63. The first-order chi connectivity index (χ1) is 8.36. The Kier molecular flexibility index (Phi) is 4.38. The van der Waals surface area contributed by atoms with Crippen molar-refractivity contribution in [3.63, 3.8) is 0 Å². The normalized spacial score (nSPS) is 11.1. The van der Waals surface area contributed by atoms with E-state index in [1.807, 2.05) is 13.8 Å². The summed E-state index contributed by atoms with van der Waals surface area (Å²) in [5.74, 6) is -0.138. The summed E-state index contributed by atoms with van der Waals surface area (Å²) in [6, 6.07) is 6.13. The number of hydrogen-bond acceptors (Lipinski definition) is 4. The van der Waals surface area contributed by atoms with Gasteiger partial charge >= 0.3 is 0 Å². The molecule has 0 bridgehead atoms. The smallest absolute Gasteiger partial charge is 0.269 e. The number of rotatable bonds is 5. The van der Waals surface area contributed by atoms with E-state index in [0.29, 0.717) is 6.54 Å². The minimum atomic E-state index is -0.582. The van der Waals surface area contributed by atoms with Crippen molar-refractivity contribution < 1.29 is 9.72 Å². The zero-order chi connectivity index (χ0) is 13.8. The molecule has 1 aromatic rings. The van der Waals surface area contributed by atoms with E-state index >= 15 is 0 Å². The minimum Gasteiger partial charge on any atom is -0.347 e. The van der Waals surface area contributed by atoms with Crippen LogP contribution >= 0.6 is 0 Å². The third kappa shape index (κ3) is 3.53. The van der Waals surface area contributed by atoms with E-state index in [9.17, 15) is 14.9 Å². The standard InChI is InChI=1S/C12H17N3O3/c1-12(2,14-11(16)7-8-13)9-3-5-10(6-4-9)15(17)18/h3-6H,7-8,13H2,1-2H3,(H,14,16). The molecule has 18 heavy (non-hydrogen) atoms. The van der Waals surface area contributed by atoms with E-state index in [4.69, 9.17) is 5.73 Å². The topological polar surface area (TPSA) is 98.3 Å². The van der Waals surface area contributed by atoms with Gasteiger partial charge in [-0.05, 0) is 31.5 Å². The van der Waals surface area contributed by atoms with Gasteiger partial charge in [0.25, 0.3) is 5.69 Å². The molecule has 0 fully saturated rings. The number of nitro benzene ring substituents is 1. The van der Waals surface area contributed by atoms with Crippen LogP contribution in [-0.2, 0) is 10.3 Å². The maximum Gasteiger partial charge on any atom is 0.269 e. The van der Waals surface area contributed by atoms with Crippen LogP contribution in [0.1, 0.15) is 25.8 Å². The van der Waals surface area contributed by atoms with E-state index in [1.54, 1.807) is 12.1 Å². The minimum absolute atomic E-state index is 0.0304. The van der Waals surface area contributed by atoms with E-state index in [0.717, 1.165) is 5.56 Å². The van der Waals surface area contributed by atoms with Crippen LogP contribution in [0.3, 0.4) is 0 Å². The second-order valence-electron chi connectivity index (χ2n) is 4.52. The average Bonchev–Trinajstić information content (AvgIpc) is 2.28. The molecular weight excluding hydrogens is 234 g/mol. The van der Waals surface area contributed by atoms with Crippen molar-refractivity contribution >= 4 is 11.6 Å². The third-order valence-electron chi connectivity index (χ3n) is 2.62. The van der Waals surface area contributed by atoms with E-state index in [2.05, 4.69) is 5.32 Å². The van der Waals surface area contributed by atoms with Gasteiger partial charge in [-0.15, -0.1) is 0 Å². The Hall–Kier alpha value is -1.95. The van der Waals surface area contributed by atoms with Crippen LogP contribution in [0.15, 0.2) is 24.3 Å². The Morgan fingerprint density at radius 3 is 2.39 bits per heavy atom. The lowest BCUT2D eigenvalue weighted by molar-refractivity contribution is -0.384. The monoisotopic (exact) mass is 251 g/mol. The lowest BCUT2D eigenvalue weighted by atomic mass is 9.94. The summed E-state index contributed by atoms with van der Waals surface area (Å²) in [6.45, 7) is 3.97. The zero-order valence-electron chi connectivity index (χ0n) is 10.5. The molecule has 3 N–H and O–H groups in total. The van der Waals surface area contributed by atoms with Gasteiger partial charge in [-0.25, -0.2) is 0 Å². The number of nitrogens with zero attached hydrogens (tertiary/aromatic N) is 1. The van der Waals surface area contributed by atoms with Gasteiger partial charge in [0, 0.05) is 25.1 Å². The van der Waals surface area contributed by atoms with Gasteiger partial charge in [-0.1, -0.05) is 0 Å². The number of benzene rings is 1. The van der Waals surface area contributed by atoms with Gasteiger partial charge in [0.15, 0.2) is 0 Å². The molecular formula is C12H17N3O3. The van der Waals surface area contributed by atoms with Gasteiger partial charge < -0.3 is 11.1 Å². The Balaban J connectivity index is 2.84. The van der Waals surface area contributed by atoms with Gasteiger partial charge in [0.2, 0.25) is 5.91 Å². The van der Waals surface area contributed by atoms with Crippen LogP contribution in [0, 0.1) is 10.1 Å². The summed E-state index contributed by atoms with van der Waals surface area (Å²) in [5.41, 5.74) is 5.56. The Bertz CT molecular complexity index is 440. The molecule has 0 radical (unpaired) electrons. The van der Waals surface area contributed by atoms with E-state index < -0.39 is 10.5 Å². The second kappa shape index (κ2) is 5.59. The number of nitro groups is 1. The number of nitrogens with one attached hydrogen (secondary N) is 1. The molecule has 98 valence electrons. The van der Waals surface area contributed by atoms with Crippen molar-refractivity contribution in [1.29, 1.82) is 0 Å². The quantitative estimate of drug-likeness (QED) is 0.608. The SMILES string of the molecule is CC(C)(NC(=O)CCN)c1ccc([N+](=O)[O-])cc1. The van der Waals surface area contributed by atoms with Crippen molar-refractivity contribution in [2.45, 2.75) is 25.8 Å². The highest BCUT2D eigenvalue weighted by Crippen LogP contribution is 2.22. The molecule has 0 aliphatic carbocycles. The molecule has 0 unspecified atom stereocenters. The first kappa shape index (κ1) is 14.1. The molecule has 1 aromatic carbocycles. The largest absolute Gasteiger partial charge is 0.347 e. The molecule has 1 amide bonds. The van der Waals surface area contributed by atoms with Crippen LogP contribution in [0.5, 0.6) is 0 Å². The maximum atomic E-state index is 11.5. The number of nitrogens with two attached hydrogens (primary N) is 1. The summed E-state index contributed by atoms with van der Waals surface area (Å²) < 4.78 is 0. The van der Waals surface area contributed by atoms with Gasteiger partial charge in [0.05, 0.1) is 10.5 Å². The van der Waals surface area contributed by atoms with E-state index in [1.165, 1.54) is 12.1 Å². The summed E-state index contributed by atoms with van der Waals surface area (Å²) in [6.07, 6.45) is 0.260. The summed E-state index contributed by atoms with van der Waals surface area (Å²) in [7, 11) is 0. The van der Waals surface area contributed by atoms with Crippen molar-refractivity contribution in [2.24, 2.45) is 5.73 Å². The van der Waals surface area contributed by atoms with Crippen LogP contribution in [0.25, 0.3) is 0 Å². The highest BCUT2D eigenvalue weighted by atomic mass is 16.6. The average molecular weight is 251 g/mol. The molecule has 0 saturated heterocycles. The highest BCUT2D eigenvalue weighted by molar-refractivity contribution is 5.77. The number of hydrogen-bond donors (Lipinski definition) is 2. The predicted octanol–water partition coefficient (Wildman–Crippen LogP) is 1.29. The van der Waals surface area contributed by atoms with E-state index in [-0.39, 0.29) is 18.0 Å². The van der Waals surface area contributed by atoms with Crippen molar-refractivity contribution in [1.82, 2.24) is 5.32 Å². The van der Waals surface area contributed by atoms with Gasteiger partial charge in [-0.2, -0.15) is 0 Å². The molecule has 6 heteroatoms. The molecule has 6 nitrogen and oxygen atoms in total. The van der Waals surface area contributed by atoms with Crippen LogP contribution in [0.4, 0.5) is 5.69 Å².